The molecule has 0 spiro atoms. The van der Waals surface area contributed by atoms with E-state index in [2.05, 4.69) is 0 Å². The summed E-state index contributed by atoms with van der Waals surface area (Å²) in [4.78, 5) is 0. The predicted octanol–water partition coefficient (Wildman–Crippen LogP) is -2.52. The van der Waals surface area contributed by atoms with Crippen molar-refractivity contribution in [3.63, 3.8) is 0 Å². The Bertz CT molecular complexity index is 318. The van der Waals surface area contributed by atoms with Gasteiger partial charge in [-0.2, -0.15) is 0 Å². The topological polar surface area (TPSA) is 141 Å². The second-order valence-corrected chi connectivity index (χ2v) is 16.7. The summed E-state index contributed by atoms with van der Waals surface area (Å²) in [6.45, 7) is 7.81. The Balaban J connectivity index is 2.82. The van der Waals surface area contributed by atoms with Crippen LogP contribution in [-0.2, 0) is 16.5 Å². The Morgan fingerprint density at radius 2 is 1.84 bits per heavy atom. The monoisotopic (exact) mass is 342 g/mol. The van der Waals surface area contributed by atoms with Gasteiger partial charge in [0.2, 0.25) is 0 Å². The maximum Gasteiger partial charge on any atom is 0.334 e. The van der Waals surface area contributed by atoms with Gasteiger partial charge in [0.25, 0.3) is 19.3 Å². The van der Waals surface area contributed by atoms with E-state index < -0.39 is 47.9 Å². The molecule has 0 saturated carbocycles. The van der Waals surface area contributed by atoms with Crippen molar-refractivity contribution in [2.75, 3.05) is 0 Å². The van der Waals surface area contributed by atoms with Gasteiger partial charge in [-0.15, -0.1) is 0 Å². The van der Waals surface area contributed by atoms with Crippen molar-refractivity contribution in [3.8, 4) is 0 Å². The van der Waals surface area contributed by atoms with Gasteiger partial charge in [0.05, 0.1) is 5.67 Å². The second-order valence-electron chi connectivity index (χ2n) is 5.56. The largest absolute Gasteiger partial charge is 0.423 e. The molecule has 3 atom stereocenters. The highest BCUT2D eigenvalue weighted by molar-refractivity contribution is 6.85. The molecule has 12 heteroatoms. The average Bonchev–Trinajstić information content (AvgIpc) is 2.10. The Kier molecular flexibility index (Phi) is 5.67. The standard InChI is InChI=1S/C7H26N4O4Si4/c1-17-12-16-13-19(4,15-18(2,3)14-17)6(8)5-7(9,10)11/h6,17H,5,8-11,16H2,1-4H3. The molecule has 1 rings (SSSR count). The molecule has 0 bridgehead atoms. The molecule has 1 fully saturated rings. The van der Waals surface area contributed by atoms with E-state index in [-0.39, 0.29) is 6.42 Å². The quantitative estimate of drug-likeness (QED) is 0.325. The van der Waals surface area contributed by atoms with Gasteiger partial charge in [-0.25, -0.2) is 0 Å². The smallest absolute Gasteiger partial charge is 0.334 e. The Morgan fingerprint density at radius 3 is 2.37 bits per heavy atom. The number of hydrogen-bond donors (Lipinski definition) is 4. The molecule has 0 radical (unpaired) electrons. The van der Waals surface area contributed by atoms with Crippen molar-refractivity contribution >= 4 is 36.4 Å². The van der Waals surface area contributed by atoms with Gasteiger partial charge < -0.3 is 39.4 Å². The molecule has 1 aliphatic heterocycles. The molecule has 1 aliphatic rings. The van der Waals surface area contributed by atoms with E-state index in [1.165, 1.54) is 0 Å². The van der Waals surface area contributed by atoms with E-state index in [9.17, 15) is 0 Å². The fourth-order valence-corrected chi connectivity index (χ4v) is 16.1. The lowest BCUT2D eigenvalue weighted by molar-refractivity contribution is 0.253. The van der Waals surface area contributed by atoms with E-state index in [0.29, 0.717) is 0 Å². The maximum absolute atomic E-state index is 6.18. The number of nitrogens with two attached hydrogens (primary N) is 4. The minimum absolute atomic E-state index is 0.224. The first kappa shape index (κ1) is 17.6. The van der Waals surface area contributed by atoms with Crippen LogP contribution in [0.2, 0.25) is 26.2 Å². The highest BCUT2D eigenvalue weighted by Gasteiger charge is 2.48. The SMILES string of the molecule is C[SiH]1O[SiH2]O[Si](C)(C(N)CC(N)(N)N)O[Si](C)(C)O1. The summed E-state index contributed by atoms with van der Waals surface area (Å²) in [5.74, 6) is -1.33. The zero-order valence-electron chi connectivity index (χ0n) is 12.0. The summed E-state index contributed by atoms with van der Waals surface area (Å²) in [7, 11) is -7.78. The van der Waals surface area contributed by atoms with E-state index >= 15 is 0 Å². The molecule has 0 aromatic rings. The molecule has 19 heavy (non-hydrogen) atoms. The summed E-state index contributed by atoms with van der Waals surface area (Å²) >= 11 is 0. The fraction of sp³-hybridized carbons (Fsp3) is 1.00. The van der Waals surface area contributed by atoms with Crippen molar-refractivity contribution in [1.29, 1.82) is 0 Å². The third-order valence-corrected chi connectivity index (χ3v) is 16.7. The lowest BCUT2D eigenvalue weighted by atomic mass is 10.3. The molecular formula is C7H26N4O4Si4. The lowest BCUT2D eigenvalue weighted by Crippen LogP contribution is -2.69. The van der Waals surface area contributed by atoms with Gasteiger partial charge in [-0.1, -0.05) is 0 Å². The van der Waals surface area contributed by atoms with Crippen LogP contribution < -0.4 is 22.9 Å². The summed E-state index contributed by atoms with van der Waals surface area (Å²) in [5.41, 5.74) is 22.6. The van der Waals surface area contributed by atoms with Crippen LogP contribution in [0.5, 0.6) is 0 Å². The summed E-state index contributed by atoms with van der Waals surface area (Å²) in [6.07, 6.45) is 0.224. The Morgan fingerprint density at radius 1 is 1.26 bits per heavy atom. The summed E-state index contributed by atoms with van der Waals surface area (Å²) in [5, 5.41) is 0. The van der Waals surface area contributed by atoms with Crippen LogP contribution >= 0.6 is 0 Å². The zero-order valence-corrected chi connectivity index (χ0v) is 16.6. The first-order valence-corrected chi connectivity index (χ1v) is 14.7. The Labute approximate surface area is 120 Å². The van der Waals surface area contributed by atoms with Gasteiger partial charge >= 0.3 is 17.1 Å². The second kappa shape index (κ2) is 6.12. The van der Waals surface area contributed by atoms with Crippen LogP contribution in [0.4, 0.5) is 0 Å². The fourth-order valence-electron chi connectivity index (χ4n) is 1.97. The normalized spacial score (nSPS) is 35.7. The zero-order chi connectivity index (χ0) is 14.9. The van der Waals surface area contributed by atoms with E-state index in [1.807, 2.05) is 26.2 Å². The van der Waals surface area contributed by atoms with Crippen molar-refractivity contribution in [2.24, 2.45) is 22.9 Å². The van der Waals surface area contributed by atoms with Crippen molar-refractivity contribution in [2.45, 2.75) is 44.1 Å². The molecule has 0 amide bonds. The molecule has 1 heterocycles. The van der Waals surface area contributed by atoms with Crippen LogP contribution in [0.15, 0.2) is 0 Å². The Hall–Kier alpha value is 0.548. The van der Waals surface area contributed by atoms with Gasteiger partial charge in [0.1, 0.15) is 5.79 Å². The van der Waals surface area contributed by atoms with E-state index in [0.717, 1.165) is 0 Å². The molecule has 3 unspecified atom stereocenters. The molecule has 1 saturated heterocycles. The molecule has 114 valence electrons. The predicted molar refractivity (Wildman–Crippen MR) is 82.9 cm³/mol. The van der Waals surface area contributed by atoms with Gasteiger partial charge in [-0.05, 0) is 26.2 Å². The van der Waals surface area contributed by atoms with Gasteiger partial charge in [0, 0.05) is 6.42 Å². The van der Waals surface area contributed by atoms with E-state index in [1.54, 1.807) is 0 Å². The van der Waals surface area contributed by atoms with Crippen molar-refractivity contribution in [3.05, 3.63) is 0 Å². The third kappa shape index (κ3) is 5.82. The molecule has 8 N–H and O–H groups in total. The van der Waals surface area contributed by atoms with Crippen molar-refractivity contribution < 1.29 is 16.5 Å². The van der Waals surface area contributed by atoms with Gasteiger partial charge in [0.15, 0.2) is 0 Å². The first-order chi connectivity index (χ1) is 8.44. The molecule has 0 aromatic heterocycles. The minimum atomic E-state index is -2.66. The van der Waals surface area contributed by atoms with Crippen LogP contribution in [0.3, 0.4) is 0 Å². The molecule has 0 aliphatic carbocycles. The van der Waals surface area contributed by atoms with Crippen LogP contribution in [0, 0.1) is 0 Å². The van der Waals surface area contributed by atoms with Crippen molar-refractivity contribution in [1.82, 2.24) is 0 Å². The highest BCUT2D eigenvalue weighted by Crippen LogP contribution is 2.23. The van der Waals surface area contributed by atoms with Crippen LogP contribution in [0.25, 0.3) is 0 Å². The maximum atomic E-state index is 6.18. The number of rotatable bonds is 3. The lowest BCUT2D eigenvalue weighted by Gasteiger charge is -2.42. The molecular weight excluding hydrogens is 316 g/mol. The minimum Gasteiger partial charge on any atom is -0.423 e. The first-order valence-electron chi connectivity index (χ1n) is 6.19. The van der Waals surface area contributed by atoms with E-state index in [4.69, 9.17) is 39.4 Å². The summed E-state index contributed by atoms with van der Waals surface area (Å²) < 4.78 is 23.7. The third-order valence-electron chi connectivity index (χ3n) is 2.79. The molecule has 8 nitrogen and oxygen atoms in total. The van der Waals surface area contributed by atoms with Gasteiger partial charge in [-0.3, -0.25) is 0 Å². The summed E-state index contributed by atoms with van der Waals surface area (Å²) in [6, 6.07) is 0. The number of hydrogen-bond acceptors (Lipinski definition) is 8. The average molecular weight is 343 g/mol. The van der Waals surface area contributed by atoms with Crippen LogP contribution in [-0.4, -0.2) is 47.9 Å². The molecule has 0 aromatic carbocycles. The van der Waals surface area contributed by atoms with Crippen LogP contribution in [0.1, 0.15) is 6.42 Å². The highest BCUT2D eigenvalue weighted by atomic mass is 28.5.